The molecule has 1 N–H and O–H groups in total. The molecule has 2 amide bonds. The molecule has 1 aliphatic rings. The normalized spacial score (nSPS) is 14.0. The number of fused-ring (bicyclic) bond motifs is 2. The molecule has 0 spiro atoms. The molecule has 28 heavy (non-hydrogen) atoms. The predicted molar refractivity (Wildman–Crippen MR) is 106 cm³/mol. The van der Waals surface area contributed by atoms with E-state index in [1.165, 1.54) is 6.07 Å². The highest BCUT2D eigenvalue weighted by Crippen LogP contribution is 2.27. The highest BCUT2D eigenvalue weighted by atomic mass is 32.2. The van der Waals surface area contributed by atoms with Gasteiger partial charge in [0.15, 0.2) is 0 Å². The first-order valence-electron chi connectivity index (χ1n) is 8.82. The largest absolute Gasteiger partial charge is 0.273 e. The number of sulfonamides is 1. The van der Waals surface area contributed by atoms with Crippen molar-refractivity contribution in [2.24, 2.45) is 0 Å². The summed E-state index contributed by atoms with van der Waals surface area (Å²) < 4.78 is 27.3. The third-order valence-electron chi connectivity index (χ3n) is 4.76. The molecule has 1 heterocycles. The predicted octanol–water partition coefficient (Wildman–Crippen LogP) is 2.72. The fourth-order valence-corrected chi connectivity index (χ4v) is 4.46. The summed E-state index contributed by atoms with van der Waals surface area (Å²) in [6, 6.07) is 17.5. The minimum Gasteiger partial charge on any atom is -0.273 e. The van der Waals surface area contributed by atoms with Crippen molar-refractivity contribution in [1.82, 2.24) is 9.62 Å². The van der Waals surface area contributed by atoms with Crippen LogP contribution < -0.4 is 4.72 Å². The molecule has 1 aliphatic heterocycles. The van der Waals surface area contributed by atoms with Crippen molar-refractivity contribution in [3.63, 3.8) is 0 Å². The smallest absolute Gasteiger partial charge is 0.261 e. The van der Waals surface area contributed by atoms with E-state index in [2.05, 4.69) is 4.72 Å². The molecular weight excluding hydrogens is 376 g/mol. The fourth-order valence-electron chi connectivity index (χ4n) is 3.34. The first kappa shape index (κ1) is 18.3. The number of nitrogens with zero attached hydrogens (tertiary/aromatic N) is 1. The molecule has 0 radical (unpaired) electrons. The van der Waals surface area contributed by atoms with Gasteiger partial charge in [0.25, 0.3) is 11.8 Å². The van der Waals surface area contributed by atoms with Crippen LogP contribution in [0.5, 0.6) is 0 Å². The van der Waals surface area contributed by atoms with Gasteiger partial charge in [0, 0.05) is 13.1 Å². The van der Waals surface area contributed by atoms with Crippen LogP contribution in [-0.4, -0.2) is 38.2 Å². The van der Waals surface area contributed by atoms with Crippen molar-refractivity contribution in [3.05, 3.63) is 77.4 Å². The minimum atomic E-state index is -3.71. The summed E-state index contributed by atoms with van der Waals surface area (Å²) in [5, 5.41) is 1.76. The van der Waals surface area contributed by atoms with Gasteiger partial charge in [-0.3, -0.25) is 14.5 Å². The Morgan fingerprint density at radius 3 is 2.04 bits per heavy atom. The summed E-state index contributed by atoms with van der Waals surface area (Å²) in [5.74, 6) is -0.805. The third-order valence-corrected chi connectivity index (χ3v) is 6.22. The zero-order chi connectivity index (χ0) is 19.9. The molecule has 7 heteroatoms. The number of hydrogen-bond acceptors (Lipinski definition) is 4. The standard InChI is InChI=1S/C21H18N2O4S/c1-14-5-4-8-17(11-14)28(26,27)22-9-10-23-20(24)18-12-15-6-2-3-7-16(15)13-19(18)21(23)25/h2-8,11-13,22H,9-10H2,1H3. The molecule has 0 saturated carbocycles. The Hall–Kier alpha value is -3.03. The summed E-state index contributed by atoms with van der Waals surface area (Å²) in [6.07, 6.45) is 0. The van der Waals surface area contributed by atoms with Gasteiger partial charge in [-0.15, -0.1) is 0 Å². The van der Waals surface area contributed by atoms with Gasteiger partial charge in [-0.2, -0.15) is 0 Å². The van der Waals surface area contributed by atoms with Crippen LogP contribution in [0, 0.1) is 6.92 Å². The Bertz CT molecular complexity index is 1160. The van der Waals surface area contributed by atoms with Gasteiger partial charge in [0.05, 0.1) is 16.0 Å². The molecule has 142 valence electrons. The molecule has 0 saturated heterocycles. The van der Waals surface area contributed by atoms with E-state index < -0.39 is 21.8 Å². The summed E-state index contributed by atoms with van der Waals surface area (Å²) in [5.41, 5.74) is 1.53. The number of aryl methyl sites for hydroxylation is 1. The topological polar surface area (TPSA) is 83.6 Å². The minimum absolute atomic E-state index is 0.0340. The molecule has 3 aromatic carbocycles. The van der Waals surface area contributed by atoms with Crippen molar-refractivity contribution in [3.8, 4) is 0 Å². The monoisotopic (exact) mass is 394 g/mol. The lowest BCUT2D eigenvalue weighted by Crippen LogP contribution is -2.38. The van der Waals surface area contributed by atoms with E-state index in [-0.39, 0.29) is 18.0 Å². The van der Waals surface area contributed by atoms with Crippen molar-refractivity contribution < 1.29 is 18.0 Å². The van der Waals surface area contributed by atoms with Gasteiger partial charge in [-0.1, -0.05) is 36.4 Å². The Morgan fingerprint density at radius 1 is 0.857 bits per heavy atom. The van der Waals surface area contributed by atoms with Gasteiger partial charge < -0.3 is 0 Å². The van der Waals surface area contributed by atoms with Crippen LogP contribution in [0.25, 0.3) is 10.8 Å². The Kier molecular flexibility index (Phi) is 4.49. The molecule has 0 unspecified atom stereocenters. The van der Waals surface area contributed by atoms with Crippen LogP contribution in [0.3, 0.4) is 0 Å². The number of hydrogen-bond donors (Lipinski definition) is 1. The second-order valence-corrected chi connectivity index (χ2v) is 8.49. The van der Waals surface area contributed by atoms with E-state index in [1.807, 2.05) is 37.3 Å². The van der Waals surface area contributed by atoms with Gasteiger partial charge in [-0.25, -0.2) is 13.1 Å². The van der Waals surface area contributed by atoms with Crippen LogP contribution >= 0.6 is 0 Å². The van der Waals surface area contributed by atoms with Crippen LogP contribution in [0.4, 0.5) is 0 Å². The lowest BCUT2D eigenvalue weighted by Gasteiger charge is -2.14. The molecular formula is C21H18N2O4S. The first-order chi connectivity index (χ1) is 13.4. The highest BCUT2D eigenvalue weighted by Gasteiger charge is 2.35. The Labute approximate surface area is 162 Å². The maximum Gasteiger partial charge on any atom is 0.261 e. The Balaban J connectivity index is 1.50. The van der Waals surface area contributed by atoms with Crippen molar-refractivity contribution in [2.75, 3.05) is 13.1 Å². The molecule has 0 bridgehead atoms. The van der Waals surface area contributed by atoms with Gasteiger partial charge in [0.1, 0.15) is 0 Å². The van der Waals surface area contributed by atoms with Crippen molar-refractivity contribution >= 4 is 32.6 Å². The van der Waals surface area contributed by atoms with E-state index >= 15 is 0 Å². The number of rotatable bonds is 5. The number of benzene rings is 3. The van der Waals surface area contributed by atoms with E-state index in [4.69, 9.17) is 0 Å². The number of carbonyl (C=O) groups is 2. The number of carbonyl (C=O) groups excluding carboxylic acids is 2. The third kappa shape index (κ3) is 3.19. The summed E-state index contributed by atoms with van der Waals surface area (Å²) in [7, 11) is -3.71. The van der Waals surface area contributed by atoms with Crippen LogP contribution in [0.15, 0.2) is 65.6 Å². The molecule has 6 nitrogen and oxygen atoms in total. The van der Waals surface area contributed by atoms with Crippen molar-refractivity contribution in [1.29, 1.82) is 0 Å². The SMILES string of the molecule is Cc1cccc(S(=O)(=O)NCCN2C(=O)c3cc4ccccc4cc3C2=O)c1. The zero-order valence-corrected chi connectivity index (χ0v) is 16.0. The fraction of sp³-hybridized carbons (Fsp3) is 0.143. The number of imide groups is 1. The summed E-state index contributed by atoms with van der Waals surface area (Å²) in [6.45, 7) is 1.72. The highest BCUT2D eigenvalue weighted by molar-refractivity contribution is 7.89. The lowest BCUT2D eigenvalue weighted by atomic mass is 10.0. The van der Waals surface area contributed by atoms with Gasteiger partial charge >= 0.3 is 0 Å². The van der Waals surface area contributed by atoms with E-state index in [0.29, 0.717) is 11.1 Å². The van der Waals surface area contributed by atoms with E-state index in [1.54, 1.807) is 24.3 Å². The molecule has 0 atom stereocenters. The first-order valence-corrected chi connectivity index (χ1v) is 10.3. The second kappa shape index (κ2) is 6.85. The van der Waals surface area contributed by atoms with Gasteiger partial charge in [-0.05, 0) is 47.5 Å². The molecule has 0 fully saturated rings. The summed E-state index contributed by atoms with van der Waals surface area (Å²) in [4.78, 5) is 26.5. The summed E-state index contributed by atoms with van der Waals surface area (Å²) >= 11 is 0. The molecule has 3 aromatic rings. The average Bonchev–Trinajstić information content (AvgIpc) is 2.90. The van der Waals surface area contributed by atoms with E-state index in [0.717, 1.165) is 21.2 Å². The van der Waals surface area contributed by atoms with Crippen LogP contribution in [-0.2, 0) is 10.0 Å². The Morgan fingerprint density at radius 2 is 1.46 bits per heavy atom. The van der Waals surface area contributed by atoms with Crippen LogP contribution in [0.2, 0.25) is 0 Å². The number of nitrogens with one attached hydrogen (secondary N) is 1. The maximum atomic E-state index is 12.6. The lowest BCUT2D eigenvalue weighted by molar-refractivity contribution is 0.0657. The second-order valence-electron chi connectivity index (χ2n) is 6.72. The average molecular weight is 394 g/mol. The quantitative estimate of drug-likeness (QED) is 0.675. The molecule has 0 aromatic heterocycles. The van der Waals surface area contributed by atoms with E-state index in [9.17, 15) is 18.0 Å². The van der Waals surface area contributed by atoms with Crippen LogP contribution in [0.1, 0.15) is 26.3 Å². The molecule has 0 aliphatic carbocycles. The maximum absolute atomic E-state index is 12.6. The van der Waals surface area contributed by atoms with Gasteiger partial charge in [0.2, 0.25) is 10.0 Å². The van der Waals surface area contributed by atoms with Crippen molar-refractivity contribution in [2.45, 2.75) is 11.8 Å². The zero-order valence-electron chi connectivity index (χ0n) is 15.2. The number of amides is 2. The molecule has 4 rings (SSSR count).